The summed E-state index contributed by atoms with van der Waals surface area (Å²) >= 11 is 1.75. The second kappa shape index (κ2) is 5.19. The van der Waals surface area contributed by atoms with E-state index in [1.165, 1.54) is 10.4 Å². The van der Waals surface area contributed by atoms with Gasteiger partial charge in [0.15, 0.2) is 11.5 Å². The van der Waals surface area contributed by atoms with Crippen LogP contribution < -0.4 is 15.2 Å². The van der Waals surface area contributed by atoms with Crippen molar-refractivity contribution in [3.8, 4) is 11.5 Å². The highest BCUT2D eigenvalue weighted by molar-refractivity contribution is 7.11. The van der Waals surface area contributed by atoms with Gasteiger partial charge in [0.25, 0.3) is 0 Å². The molecule has 0 atom stereocenters. The quantitative estimate of drug-likeness (QED) is 0.930. The van der Waals surface area contributed by atoms with E-state index in [-0.39, 0.29) is 0 Å². The molecule has 1 aromatic carbocycles. The van der Waals surface area contributed by atoms with Gasteiger partial charge in [0.05, 0.1) is 10.7 Å². The third-order valence-corrected chi connectivity index (χ3v) is 4.31. The summed E-state index contributed by atoms with van der Waals surface area (Å²) in [6.07, 6.45) is 1.73. The van der Waals surface area contributed by atoms with Crippen molar-refractivity contribution in [2.75, 3.05) is 13.3 Å². The van der Waals surface area contributed by atoms with Gasteiger partial charge in [0.2, 0.25) is 6.79 Å². The average Bonchev–Trinajstić information content (AvgIpc) is 2.97. The highest BCUT2D eigenvalue weighted by atomic mass is 32.1. The smallest absolute Gasteiger partial charge is 0.231 e. The number of hydrogen-bond donors (Lipinski definition) is 1. The molecule has 0 saturated carbocycles. The minimum absolute atomic E-state index is 0.318. The Kier molecular flexibility index (Phi) is 3.40. The van der Waals surface area contributed by atoms with Gasteiger partial charge in [-0.15, -0.1) is 11.3 Å². The van der Waals surface area contributed by atoms with Gasteiger partial charge >= 0.3 is 0 Å². The van der Waals surface area contributed by atoms with Gasteiger partial charge in [-0.1, -0.05) is 6.07 Å². The lowest BCUT2D eigenvalue weighted by molar-refractivity contribution is 0.174. The standard InChI is InChI=1S/C14H16N2O2S/c1-9-13(19-14(16-9)4-5-15)7-10-2-3-11-12(6-10)18-8-17-11/h2-3,6H,4-5,7-8,15H2,1H3. The molecule has 5 heteroatoms. The van der Waals surface area contributed by atoms with Crippen LogP contribution in [0.3, 0.4) is 0 Å². The number of ether oxygens (including phenoxy) is 2. The third-order valence-electron chi connectivity index (χ3n) is 3.10. The lowest BCUT2D eigenvalue weighted by Crippen LogP contribution is -2.01. The van der Waals surface area contributed by atoms with Gasteiger partial charge in [-0.25, -0.2) is 4.98 Å². The number of nitrogens with two attached hydrogens (primary N) is 1. The highest BCUT2D eigenvalue weighted by Gasteiger charge is 2.14. The lowest BCUT2D eigenvalue weighted by Gasteiger charge is -2.02. The van der Waals surface area contributed by atoms with E-state index in [9.17, 15) is 0 Å². The highest BCUT2D eigenvalue weighted by Crippen LogP contribution is 2.33. The zero-order chi connectivity index (χ0) is 13.2. The first kappa shape index (κ1) is 12.4. The predicted molar refractivity (Wildman–Crippen MR) is 75.0 cm³/mol. The summed E-state index contributed by atoms with van der Waals surface area (Å²) in [7, 11) is 0. The largest absolute Gasteiger partial charge is 0.454 e. The molecule has 1 aliphatic rings. The van der Waals surface area contributed by atoms with E-state index in [0.717, 1.165) is 35.0 Å². The summed E-state index contributed by atoms with van der Waals surface area (Å²) < 4.78 is 10.7. The fourth-order valence-corrected chi connectivity index (χ4v) is 3.24. The molecule has 19 heavy (non-hydrogen) atoms. The van der Waals surface area contributed by atoms with E-state index < -0.39 is 0 Å². The fourth-order valence-electron chi connectivity index (χ4n) is 2.12. The van der Waals surface area contributed by atoms with Crippen molar-refractivity contribution in [1.82, 2.24) is 4.98 Å². The van der Waals surface area contributed by atoms with Gasteiger partial charge in [-0.2, -0.15) is 0 Å². The molecule has 2 aromatic rings. The molecule has 1 aliphatic heterocycles. The zero-order valence-corrected chi connectivity index (χ0v) is 11.6. The number of aryl methyl sites for hydroxylation is 1. The third kappa shape index (κ3) is 2.57. The first-order chi connectivity index (χ1) is 9.26. The Morgan fingerprint density at radius 2 is 2.16 bits per heavy atom. The molecular weight excluding hydrogens is 260 g/mol. The molecule has 2 heterocycles. The molecule has 0 bridgehead atoms. The Balaban J connectivity index is 1.81. The monoisotopic (exact) mass is 276 g/mol. The lowest BCUT2D eigenvalue weighted by atomic mass is 10.1. The summed E-state index contributed by atoms with van der Waals surface area (Å²) in [5.74, 6) is 1.66. The number of nitrogens with zero attached hydrogens (tertiary/aromatic N) is 1. The van der Waals surface area contributed by atoms with E-state index in [0.29, 0.717) is 13.3 Å². The minimum Gasteiger partial charge on any atom is -0.454 e. The molecule has 1 aromatic heterocycles. The zero-order valence-electron chi connectivity index (χ0n) is 10.8. The molecule has 0 saturated heterocycles. The van der Waals surface area contributed by atoms with Crippen molar-refractivity contribution in [1.29, 1.82) is 0 Å². The molecule has 0 aliphatic carbocycles. The Hall–Kier alpha value is -1.59. The van der Waals surface area contributed by atoms with Crippen LogP contribution in [0.4, 0.5) is 0 Å². The van der Waals surface area contributed by atoms with Crippen LogP contribution in [0.5, 0.6) is 11.5 Å². The van der Waals surface area contributed by atoms with Crippen LogP contribution >= 0.6 is 11.3 Å². The maximum Gasteiger partial charge on any atom is 0.231 e. The molecule has 0 unspecified atom stereocenters. The first-order valence-electron chi connectivity index (χ1n) is 6.30. The van der Waals surface area contributed by atoms with E-state index in [1.54, 1.807) is 11.3 Å². The molecule has 0 spiro atoms. The fraction of sp³-hybridized carbons (Fsp3) is 0.357. The maximum atomic E-state index is 5.57. The second-order valence-corrected chi connectivity index (χ2v) is 5.69. The summed E-state index contributed by atoms with van der Waals surface area (Å²) in [4.78, 5) is 5.85. The number of hydrogen-bond acceptors (Lipinski definition) is 5. The van der Waals surface area contributed by atoms with Crippen LogP contribution in [0.1, 0.15) is 21.1 Å². The van der Waals surface area contributed by atoms with Crippen molar-refractivity contribution >= 4 is 11.3 Å². The van der Waals surface area contributed by atoms with Crippen molar-refractivity contribution in [2.24, 2.45) is 5.73 Å². The normalized spacial score (nSPS) is 12.9. The van der Waals surface area contributed by atoms with Crippen molar-refractivity contribution < 1.29 is 9.47 Å². The van der Waals surface area contributed by atoms with Crippen molar-refractivity contribution in [3.05, 3.63) is 39.3 Å². The molecule has 4 nitrogen and oxygen atoms in total. The molecule has 2 N–H and O–H groups in total. The van der Waals surface area contributed by atoms with Crippen LogP contribution in [-0.2, 0) is 12.8 Å². The number of aromatic nitrogens is 1. The van der Waals surface area contributed by atoms with Gasteiger partial charge in [-0.3, -0.25) is 0 Å². The average molecular weight is 276 g/mol. The summed E-state index contributed by atoms with van der Waals surface area (Å²) in [6, 6.07) is 6.09. The Morgan fingerprint density at radius 3 is 3.00 bits per heavy atom. The number of thiazole rings is 1. The SMILES string of the molecule is Cc1nc(CCN)sc1Cc1ccc2c(c1)OCO2. The number of benzene rings is 1. The Labute approximate surface area is 116 Å². The minimum atomic E-state index is 0.318. The Bertz CT molecular complexity index is 595. The number of rotatable bonds is 4. The molecule has 0 fully saturated rings. The Morgan fingerprint density at radius 1 is 1.32 bits per heavy atom. The maximum absolute atomic E-state index is 5.57. The molecule has 3 rings (SSSR count). The number of fused-ring (bicyclic) bond motifs is 1. The van der Waals surface area contributed by atoms with Crippen LogP contribution in [0, 0.1) is 6.92 Å². The van der Waals surface area contributed by atoms with E-state index >= 15 is 0 Å². The van der Waals surface area contributed by atoms with Gasteiger partial charge in [0, 0.05) is 17.7 Å². The summed E-state index contributed by atoms with van der Waals surface area (Å²) in [6.45, 7) is 3.02. The van der Waals surface area contributed by atoms with Gasteiger partial charge < -0.3 is 15.2 Å². The summed E-state index contributed by atoms with van der Waals surface area (Å²) in [5, 5.41) is 1.12. The van der Waals surface area contributed by atoms with Crippen molar-refractivity contribution in [2.45, 2.75) is 19.8 Å². The first-order valence-corrected chi connectivity index (χ1v) is 7.11. The van der Waals surface area contributed by atoms with Crippen LogP contribution in [0.15, 0.2) is 18.2 Å². The van der Waals surface area contributed by atoms with Crippen molar-refractivity contribution in [3.63, 3.8) is 0 Å². The molecule has 0 amide bonds. The predicted octanol–water partition coefficient (Wildman–Crippen LogP) is 2.27. The molecule has 100 valence electrons. The van der Waals surface area contributed by atoms with Crippen LogP contribution in [0.25, 0.3) is 0 Å². The van der Waals surface area contributed by atoms with E-state index in [2.05, 4.69) is 18.0 Å². The van der Waals surface area contributed by atoms with Gasteiger partial charge in [-0.05, 0) is 31.2 Å². The molecular formula is C14H16N2O2S. The van der Waals surface area contributed by atoms with Crippen LogP contribution in [-0.4, -0.2) is 18.3 Å². The van der Waals surface area contributed by atoms with Gasteiger partial charge in [0.1, 0.15) is 0 Å². The summed E-state index contributed by atoms with van der Waals surface area (Å²) in [5.41, 5.74) is 7.89. The van der Waals surface area contributed by atoms with E-state index in [4.69, 9.17) is 15.2 Å². The van der Waals surface area contributed by atoms with Crippen LogP contribution in [0.2, 0.25) is 0 Å². The molecule has 0 radical (unpaired) electrons. The topological polar surface area (TPSA) is 57.4 Å². The second-order valence-electron chi connectivity index (χ2n) is 4.52. The van der Waals surface area contributed by atoms with E-state index in [1.807, 2.05) is 12.1 Å².